The number of azide groups is 1. The van der Waals surface area contributed by atoms with Gasteiger partial charge in [0, 0.05) is 18.0 Å². The first-order chi connectivity index (χ1) is 9.45. The molecular weight excluding hydrogens is 331 g/mol. The Hall–Kier alpha value is -1.63. The summed E-state index contributed by atoms with van der Waals surface area (Å²) in [6, 6.07) is 4.26. The molecule has 0 saturated heterocycles. The number of hydrogen-bond donors (Lipinski definition) is 1. The molecule has 108 valence electrons. The molecule has 0 heterocycles. The van der Waals surface area contributed by atoms with Crippen molar-refractivity contribution in [1.82, 2.24) is 5.32 Å². The molecule has 1 N–H and O–H groups in total. The molecule has 1 unspecified atom stereocenters. The summed E-state index contributed by atoms with van der Waals surface area (Å²) in [7, 11) is 1.27. The van der Waals surface area contributed by atoms with Gasteiger partial charge in [0.1, 0.15) is 11.4 Å². The Bertz CT molecular complexity index is 548. The Morgan fingerprint density at radius 2 is 2.35 bits per heavy atom. The lowest BCUT2D eigenvalue weighted by Gasteiger charge is -2.28. The second kappa shape index (κ2) is 7.23. The van der Waals surface area contributed by atoms with Crippen LogP contribution in [0.4, 0.5) is 4.39 Å². The summed E-state index contributed by atoms with van der Waals surface area (Å²) in [6.45, 7) is 2.09. The van der Waals surface area contributed by atoms with Crippen molar-refractivity contribution < 1.29 is 13.9 Å². The zero-order chi connectivity index (χ0) is 15.2. The average molecular weight is 345 g/mol. The standard InChI is InChI=1S/C12H14BrFN4O2/c1-12(11(19)20-2,16-5-6-17-18-15)8-3-4-10(14)9(13)7-8/h3-4,7,16H,5-6H2,1-2H3. The number of benzene rings is 1. The molecule has 0 aliphatic heterocycles. The van der Waals surface area contributed by atoms with E-state index in [1.54, 1.807) is 6.92 Å². The van der Waals surface area contributed by atoms with E-state index < -0.39 is 17.3 Å². The van der Waals surface area contributed by atoms with Crippen LogP contribution in [0.2, 0.25) is 0 Å². The van der Waals surface area contributed by atoms with Crippen molar-refractivity contribution in [2.75, 3.05) is 20.2 Å². The van der Waals surface area contributed by atoms with E-state index in [1.807, 2.05) is 0 Å². The molecule has 0 aliphatic carbocycles. The molecule has 0 fully saturated rings. The first kappa shape index (κ1) is 16.4. The monoisotopic (exact) mass is 344 g/mol. The van der Waals surface area contributed by atoms with Gasteiger partial charge in [-0.3, -0.25) is 5.32 Å². The number of rotatable bonds is 6. The third-order valence-electron chi connectivity index (χ3n) is 2.84. The Morgan fingerprint density at radius 3 is 2.90 bits per heavy atom. The summed E-state index contributed by atoms with van der Waals surface area (Å²) in [5, 5.41) is 6.34. The lowest BCUT2D eigenvalue weighted by atomic mass is 9.92. The predicted molar refractivity (Wildman–Crippen MR) is 75.5 cm³/mol. The number of halogens is 2. The summed E-state index contributed by atoms with van der Waals surface area (Å²) >= 11 is 3.08. The van der Waals surface area contributed by atoms with Crippen molar-refractivity contribution in [2.45, 2.75) is 12.5 Å². The Balaban J connectivity index is 3.06. The molecule has 8 heteroatoms. The largest absolute Gasteiger partial charge is 0.467 e. The van der Waals surface area contributed by atoms with Gasteiger partial charge in [-0.2, -0.15) is 0 Å². The highest BCUT2D eigenvalue weighted by Crippen LogP contribution is 2.26. The minimum atomic E-state index is -1.16. The van der Waals surface area contributed by atoms with Crippen molar-refractivity contribution in [1.29, 1.82) is 0 Å². The van der Waals surface area contributed by atoms with Crippen LogP contribution in [0.25, 0.3) is 10.4 Å². The molecule has 0 aromatic heterocycles. The molecule has 0 radical (unpaired) electrons. The van der Waals surface area contributed by atoms with Crippen LogP contribution in [-0.2, 0) is 15.1 Å². The van der Waals surface area contributed by atoms with Gasteiger partial charge in [0.05, 0.1) is 11.6 Å². The summed E-state index contributed by atoms with van der Waals surface area (Å²) in [5.74, 6) is -0.938. The highest BCUT2D eigenvalue weighted by molar-refractivity contribution is 9.10. The first-order valence-electron chi connectivity index (χ1n) is 5.75. The van der Waals surface area contributed by atoms with Crippen molar-refractivity contribution in [3.8, 4) is 0 Å². The number of ether oxygens (including phenoxy) is 1. The average Bonchev–Trinajstić information content (AvgIpc) is 2.45. The Morgan fingerprint density at radius 1 is 1.65 bits per heavy atom. The lowest BCUT2D eigenvalue weighted by Crippen LogP contribution is -2.48. The number of hydrogen-bond acceptors (Lipinski definition) is 4. The maximum absolute atomic E-state index is 13.3. The van der Waals surface area contributed by atoms with Gasteiger partial charge >= 0.3 is 5.97 Å². The van der Waals surface area contributed by atoms with E-state index in [9.17, 15) is 9.18 Å². The van der Waals surface area contributed by atoms with Crippen LogP contribution in [-0.4, -0.2) is 26.2 Å². The molecule has 0 spiro atoms. The van der Waals surface area contributed by atoms with E-state index in [4.69, 9.17) is 10.3 Å². The zero-order valence-corrected chi connectivity index (χ0v) is 12.6. The fourth-order valence-corrected chi connectivity index (χ4v) is 2.08. The van der Waals surface area contributed by atoms with E-state index in [0.717, 1.165) is 0 Å². The van der Waals surface area contributed by atoms with E-state index in [-0.39, 0.29) is 17.6 Å². The summed E-state index contributed by atoms with van der Waals surface area (Å²) in [4.78, 5) is 14.6. The SMILES string of the molecule is COC(=O)C(C)(NCCN=[N+]=[N-])c1ccc(F)c(Br)c1. The number of nitrogens with one attached hydrogen (secondary N) is 1. The fourth-order valence-electron chi connectivity index (χ4n) is 1.70. The lowest BCUT2D eigenvalue weighted by molar-refractivity contribution is -0.148. The first-order valence-corrected chi connectivity index (χ1v) is 6.55. The topological polar surface area (TPSA) is 87.1 Å². The highest BCUT2D eigenvalue weighted by atomic mass is 79.9. The van der Waals surface area contributed by atoms with Crippen LogP contribution in [0.1, 0.15) is 12.5 Å². The van der Waals surface area contributed by atoms with Crippen LogP contribution in [0.3, 0.4) is 0 Å². The minimum Gasteiger partial charge on any atom is -0.467 e. The van der Waals surface area contributed by atoms with Crippen LogP contribution >= 0.6 is 15.9 Å². The van der Waals surface area contributed by atoms with E-state index >= 15 is 0 Å². The summed E-state index contributed by atoms with van der Waals surface area (Å²) in [6.07, 6.45) is 0. The van der Waals surface area contributed by atoms with Crippen molar-refractivity contribution in [3.05, 3.63) is 44.5 Å². The third kappa shape index (κ3) is 3.69. The maximum Gasteiger partial charge on any atom is 0.330 e. The zero-order valence-electron chi connectivity index (χ0n) is 11.1. The van der Waals surface area contributed by atoms with E-state index in [0.29, 0.717) is 5.56 Å². The molecule has 1 atom stereocenters. The van der Waals surface area contributed by atoms with Crippen LogP contribution < -0.4 is 5.32 Å². The molecule has 1 aromatic carbocycles. The van der Waals surface area contributed by atoms with Gasteiger partial charge in [-0.05, 0) is 46.1 Å². The normalized spacial score (nSPS) is 13.2. The van der Waals surface area contributed by atoms with Gasteiger partial charge in [0.25, 0.3) is 0 Å². The molecule has 6 nitrogen and oxygen atoms in total. The molecule has 1 rings (SSSR count). The second-order valence-electron chi connectivity index (χ2n) is 4.13. The number of carbonyl (C=O) groups is 1. The Labute approximate surface area is 124 Å². The van der Waals surface area contributed by atoms with E-state index in [2.05, 4.69) is 31.3 Å². The Kier molecular flexibility index (Phi) is 5.94. The fraction of sp³-hybridized carbons (Fsp3) is 0.417. The third-order valence-corrected chi connectivity index (χ3v) is 3.45. The number of esters is 1. The van der Waals surface area contributed by atoms with Crippen molar-refractivity contribution >= 4 is 21.9 Å². The van der Waals surface area contributed by atoms with Gasteiger partial charge < -0.3 is 4.74 Å². The molecule has 0 amide bonds. The van der Waals surface area contributed by atoms with Gasteiger partial charge in [0.15, 0.2) is 0 Å². The van der Waals surface area contributed by atoms with Crippen LogP contribution in [0, 0.1) is 5.82 Å². The smallest absolute Gasteiger partial charge is 0.330 e. The van der Waals surface area contributed by atoms with Gasteiger partial charge in [-0.1, -0.05) is 11.2 Å². The van der Waals surface area contributed by atoms with Crippen LogP contribution in [0.5, 0.6) is 0 Å². The van der Waals surface area contributed by atoms with Gasteiger partial charge in [-0.15, -0.1) is 0 Å². The molecule has 1 aromatic rings. The number of nitrogens with zero attached hydrogens (tertiary/aromatic N) is 3. The van der Waals surface area contributed by atoms with E-state index in [1.165, 1.54) is 25.3 Å². The van der Waals surface area contributed by atoms with Gasteiger partial charge in [-0.25, -0.2) is 9.18 Å². The maximum atomic E-state index is 13.3. The molecule has 0 saturated carbocycles. The predicted octanol–water partition coefficient (Wildman–Crippen LogP) is 2.88. The minimum absolute atomic E-state index is 0.186. The second-order valence-corrected chi connectivity index (χ2v) is 4.98. The molecule has 0 aliphatic rings. The van der Waals surface area contributed by atoms with Crippen molar-refractivity contribution in [2.24, 2.45) is 5.11 Å². The number of carbonyl (C=O) groups excluding carboxylic acids is 1. The molecule has 0 bridgehead atoms. The van der Waals surface area contributed by atoms with Crippen LogP contribution in [0.15, 0.2) is 27.8 Å². The molecule has 20 heavy (non-hydrogen) atoms. The van der Waals surface area contributed by atoms with Crippen molar-refractivity contribution in [3.63, 3.8) is 0 Å². The number of methoxy groups -OCH3 is 1. The summed E-state index contributed by atoms with van der Waals surface area (Å²) < 4.78 is 18.3. The highest BCUT2D eigenvalue weighted by Gasteiger charge is 2.36. The summed E-state index contributed by atoms with van der Waals surface area (Å²) in [5.41, 5.74) is 7.61. The molecular formula is C12H14BrFN4O2. The van der Waals surface area contributed by atoms with Gasteiger partial charge in [0.2, 0.25) is 0 Å². The quantitative estimate of drug-likeness (QED) is 0.283.